The fourth-order valence-electron chi connectivity index (χ4n) is 3.47. The van der Waals surface area contributed by atoms with Crippen molar-refractivity contribution in [1.82, 2.24) is 0 Å². The zero-order chi connectivity index (χ0) is 17.7. The van der Waals surface area contributed by atoms with Crippen LogP contribution in [0.1, 0.15) is 103 Å². The van der Waals surface area contributed by atoms with Crippen molar-refractivity contribution in [2.45, 2.75) is 109 Å². The van der Waals surface area contributed by atoms with E-state index in [4.69, 9.17) is 5.73 Å². The number of hydrogen-bond acceptors (Lipinski definition) is 1. The van der Waals surface area contributed by atoms with Crippen molar-refractivity contribution < 1.29 is 5.48 Å². The van der Waals surface area contributed by atoms with E-state index in [-0.39, 0.29) is 16.9 Å². The van der Waals surface area contributed by atoms with Crippen LogP contribution in [0, 0.1) is 0 Å². The standard InChI is InChI=1S/C23H41N.H2O/c1-4-5-6-7-8-9-10-11-12-13-17-20-22(24)23(2,3)21-18-15-14-16-19-21;/h14-16,18-19,22H,4-13,17,20,24H2,1-3H3;1H2. The molecule has 1 aromatic carbocycles. The molecular formula is C23H43NO. The van der Waals surface area contributed by atoms with E-state index < -0.39 is 0 Å². The van der Waals surface area contributed by atoms with Crippen LogP contribution in [0.4, 0.5) is 0 Å². The zero-order valence-corrected chi connectivity index (χ0v) is 17.0. The molecule has 0 radical (unpaired) electrons. The minimum atomic E-state index is 0. The Balaban J connectivity index is 0.00000576. The molecule has 1 unspecified atom stereocenters. The Hall–Kier alpha value is -0.860. The van der Waals surface area contributed by atoms with Gasteiger partial charge in [-0.3, -0.25) is 0 Å². The smallest absolute Gasteiger partial charge is 0.0131 e. The average molecular weight is 350 g/mol. The van der Waals surface area contributed by atoms with Gasteiger partial charge in [-0.1, -0.05) is 122 Å². The van der Waals surface area contributed by atoms with Gasteiger partial charge in [-0.05, 0) is 12.0 Å². The second-order valence-electron chi connectivity index (χ2n) is 8.02. The molecule has 0 amide bonds. The molecule has 0 aliphatic heterocycles. The Kier molecular flexibility index (Phi) is 13.8. The van der Waals surface area contributed by atoms with Crippen LogP contribution >= 0.6 is 0 Å². The highest BCUT2D eigenvalue weighted by molar-refractivity contribution is 5.25. The van der Waals surface area contributed by atoms with Crippen molar-refractivity contribution in [3.63, 3.8) is 0 Å². The lowest BCUT2D eigenvalue weighted by molar-refractivity contribution is 0.375. The molecule has 25 heavy (non-hydrogen) atoms. The maximum Gasteiger partial charge on any atom is 0.0131 e. The molecule has 1 atom stereocenters. The van der Waals surface area contributed by atoms with E-state index in [1.54, 1.807) is 0 Å². The molecule has 2 nitrogen and oxygen atoms in total. The van der Waals surface area contributed by atoms with E-state index >= 15 is 0 Å². The molecule has 0 fully saturated rings. The second kappa shape index (κ2) is 14.3. The highest BCUT2D eigenvalue weighted by Gasteiger charge is 2.27. The molecule has 0 spiro atoms. The van der Waals surface area contributed by atoms with E-state index in [0.717, 1.165) is 6.42 Å². The highest BCUT2D eigenvalue weighted by atomic mass is 16.0. The predicted octanol–water partition coefficient (Wildman–Crippen LogP) is 6.17. The fraction of sp³-hybridized carbons (Fsp3) is 0.739. The molecule has 2 heteroatoms. The van der Waals surface area contributed by atoms with Crippen molar-refractivity contribution >= 4 is 0 Å². The molecule has 4 N–H and O–H groups in total. The number of hydrogen-bond donors (Lipinski definition) is 1. The van der Waals surface area contributed by atoms with Gasteiger partial charge in [-0.25, -0.2) is 0 Å². The molecule has 0 aromatic heterocycles. The minimum Gasteiger partial charge on any atom is -0.412 e. The Morgan fingerprint density at radius 1 is 0.760 bits per heavy atom. The molecule has 1 aromatic rings. The number of rotatable bonds is 14. The van der Waals surface area contributed by atoms with Gasteiger partial charge in [0, 0.05) is 11.5 Å². The van der Waals surface area contributed by atoms with Crippen LogP contribution in [-0.4, -0.2) is 11.5 Å². The molecule has 0 saturated heterocycles. The third kappa shape index (κ3) is 10.0. The van der Waals surface area contributed by atoms with Crippen LogP contribution < -0.4 is 5.73 Å². The van der Waals surface area contributed by atoms with E-state index in [9.17, 15) is 0 Å². The third-order valence-electron chi connectivity index (χ3n) is 5.56. The summed E-state index contributed by atoms with van der Waals surface area (Å²) in [5.74, 6) is 0. The first-order valence-corrected chi connectivity index (χ1v) is 10.4. The van der Waals surface area contributed by atoms with Gasteiger partial charge in [0.05, 0.1) is 0 Å². The van der Waals surface area contributed by atoms with E-state index in [1.807, 2.05) is 0 Å². The molecule has 146 valence electrons. The van der Waals surface area contributed by atoms with Crippen LogP contribution in [0.3, 0.4) is 0 Å². The fourth-order valence-corrected chi connectivity index (χ4v) is 3.47. The van der Waals surface area contributed by atoms with Crippen molar-refractivity contribution in [3.05, 3.63) is 35.9 Å². The Morgan fingerprint density at radius 2 is 1.20 bits per heavy atom. The summed E-state index contributed by atoms with van der Waals surface area (Å²) in [6, 6.07) is 11.0. The van der Waals surface area contributed by atoms with Crippen LogP contribution in [0.15, 0.2) is 30.3 Å². The van der Waals surface area contributed by atoms with Gasteiger partial charge in [-0.2, -0.15) is 0 Å². The molecule has 0 saturated carbocycles. The lowest BCUT2D eigenvalue weighted by atomic mass is 9.76. The monoisotopic (exact) mass is 349 g/mol. The minimum absolute atomic E-state index is 0. The lowest BCUT2D eigenvalue weighted by Gasteiger charge is -2.32. The number of benzene rings is 1. The van der Waals surface area contributed by atoms with Gasteiger partial charge in [0.15, 0.2) is 0 Å². The van der Waals surface area contributed by atoms with Crippen LogP contribution in [0.25, 0.3) is 0 Å². The van der Waals surface area contributed by atoms with Crippen molar-refractivity contribution in [2.24, 2.45) is 5.73 Å². The normalized spacial score (nSPS) is 12.6. The molecular weight excluding hydrogens is 306 g/mol. The van der Waals surface area contributed by atoms with Crippen molar-refractivity contribution in [1.29, 1.82) is 0 Å². The van der Waals surface area contributed by atoms with E-state index in [0.29, 0.717) is 0 Å². The van der Waals surface area contributed by atoms with Gasteiger partial charge in [0.25, 0.3) is 0 Å². The van der Waals surface area contributed by atoms with Gasteiger partial charge >= 0.3 is 0 Å². The maximum absolute atomic E-state index is 6.50. The molecule has 0 heterocycles. The lowest BCUT2D eigenvalue weighted by Crippen LogP contribution is -2.40. The SMILES string of the molecule is CCCCCCCCCCCCCC(N)C(C)(C)c1ccccc1.O. The summed E-state index contributed by atoms with van der Waals surface area (Å²) in [7, 11) is 0. The summed E-state index contributed by atoms with van der Waals surface area (Å²) >= 11 is 0. The van der Waals surface area contributed by atoms with Crippen LogP contribution in [0.5, 0.6) is 0 Å². The summed E-state index contributed by atoms with van der Waals surface area (Å²) in [6.07, 6.45) is 16.5. The first-order valence-electron chi connectivity index (χ1n) is 10.4. The van der Waals surface area contributed by atoms with Crippen molar-refractivity contribution in [3.8, 4) is 0 Å². The quantitative estimate of drug-likeness (QED) is 0.401. The van der Waals surface area contributed by atoms with Gasteiger partial charge in [0.1, 0.15) is 0 Å². The molecule has 0 aliphatic rings. The third-order valence-corrected chi connectivity index (χ3v) is 5.56. The number of nitrogens with two attached hydrogens (primary N) is 1. The zero-order valence-electron chi connectivity index (χ0n) is 17.0. The summed E-state index contributed by atoms with van der Waals surface area (Å²) in [5, 5.41) is 0. The Morgan fingerprint density at radius 3 is 1.68 bits per heavy atom. The van der Waals surface area contributed by atoms with Crippen molar-refractivity contribution in [2.75, 3.05) is 0 Å². The number of unbranched alkanes of at least 4 members (excludes halogenated alkanes) is 10. The van der Waals surface area contributed by atoms with Gasteiger partial charge < -0.3 is 11.2 Å². The summed E-state index contributed by atoms with van der Waals surface area (Å²) in [5.41, 5.74) is 7.93. The van der Waals surface area contributed by atoms with E-state index in [2.05, 4.69) is 51.1 Å². The van der Waals surface area contributed by atoms with E-state index in [1.165, 1.54) is 76.2 Å². The van der Waals surface area contributed by atoms with Gasteiger partial charge in [0.2, 0.25) is 0 Å². The largest absolute Gasteiger partial charge is 0.412 e. The topological polar surface area (TPSA) is 57.5 Å². The average Bonchev–Trinajstić information content (AvgIpc) is 2.60. The van der Waals surface area contributed by atoms with Crippen LogP contribution in [0.2, 0.25) is 0 Å². The second-order valence-corrected chi connectivity index (χ2v) is 8.02. The maximum atomic E-state index is 6.50. The first-order chi connectivity index (χ1) is 11.6. The molecule has 0 bridgehead atoms. The van der Waals surface area contributed by atoms with Gasteiger partial charge in [-0.15, -0.1) is 0 Å². The first kappa shape index (κ1) is 24.1. The Labute approximate surface area is 156 Å². The molecule has 1 rings (SSSR count). The summed E-state index contributed by atoms with van der Waals surface area (Å²) in [6.45, 7) is 6.85. The summed E-state index contributed by atoms with van der Waals surface area (Å²) in [4.78, 5) is 0. The van der Waals surface area contributed by atoms with Crippen LogP contribution in [-0.2, 0) is 5.41 Å². The predicted molar refractivity (Wildman–Crippen MR) is 112 cm³/mol. The highest BCUT2D eigenvalue weighted by Crippen LogP contribution is 2.28. The molecule has 0 aliphatic carbocycles. The Bertz CT molecular complexity index is 402. The summed E-state index contributed by atoms with van der Waals surface area (Å²) < 4.78 is 0.